The second kappa shape index (κ2) is 19.4. The predicted molar refractivity (Wildman–Crippen MR) is 321 cm³/mol. The molecule has 0 amide bonds. The Morgan fingerprint density at radius 2 is 0.400 bits per heavy atom. The van der Waals surface area contributed by atoms with Gasteiger partial charge in [0, 0.05) is 34.1 Å². The molecule has 4 aliphatic heterocycles. The van der Waals surface area contributed by atoms with Crippen molar-refractivity contribution in [2.75, 3.05) is 91.0 Å². The van der Waals surface area contributed by atoms with Crippen LogP contribution in [0.1, 0.15) is 0 Å². The molecule has 0 radical (unpaired) electrons. The molecule has 0 bridgehead atoms. The van der Waals surface area contributed by atoms with Gasteiger partial charge in [-0.15, -0.1) is 0 Å². The van der Waals surface area contributed by atoms with Crippen molar-refractivity contribution in [1.82, 2.24) is 0 Å². The molecule has 0 N–H and O–H groups in total. The SMILES string of the molecule is COc1ccc2c(c1)[Si]1(c3cc(OC)ccc3N2OC)c2cc(OC)ccc2N(c2ccc(N3c4ccc(OC)cc4[Si]4(c5cc(OC)ccc5N(OC)c5ccc(OC)cc54)c4cc(OC)ccc43)cc2)c2ccc(OC)cc21. The van der Waals surface area contributed by atoms with E-state index >= 15 is 0 Å². The van der Waals surface area contributed by atoms with Crippen LogP contribution in [0.25, 0.3) is 0 Å². The van der Waals surface area contributed by atoms with E-state index in [9.17, 15) is 0 Å². The Kier molecular flexibility index (Phi) is 12.2. The molecule has 0 saturated carbocycles. The van der Waals surface area contributed by atoms with Crippen molar-refractivity contribution in [3.63, 3.8) is 0 Å². The standard InChI is InChI=1S/C64H58N4O10Si2/c1-69-41-15-23-49-57(31-41)79(61-35-45(73-5)19-27-53(61)67(77-9)54-28-20-46(74-6)36-62(54)79)58-32-42(70-2)16-24-50(58)65(49)39-11-13-40(14-12-39)66-51-25-17-43(71-3)33-59(51)80(60-34-44(72-4)18-26-52(60)66)63-37-47(75-7)21-29-55(63)68(78-10)56-30-22-48(76-8)38-64(56)80/h11-38H,1-10H3. The average molecular weight is 1100 g/mol. The fraction of sp³-hybridized carbons (Fsp3) is 0.156. The van der Waals surface area contributed by atoms with Crippen molar-refractivity contribution >= 4 is 115 Å². The molecule has 402 valence electrons. The predicted octanol–water partition coefficient (Wildman–Crippen LogP) is 8.10. The summed E-state index contributed by atoms with van der Waals surface area (Å²) in [6.07, 6.45) is 0. The highest BCUT2D eigenvalue weighted by molar-refractivity contribution is 7.23. The summed E-state index contributed by atoms with van der Waals surface area (Å²) in [5.74, 6) is 5.82. The van der Waals surface area contributed by atoms with Crippen molar-refractivity contribution in [1.29, 1.82) is 0 Å². The summed E-state index contributed by atoms with van der Waals surface area (Å²) in [6.45, 7) is 0. The average Bonchev–Trinajstić information content (AvgIpc) is 3.60. The zero-order valence-electron chi connectivity index (χ0n) is 46.0. The van der Waals surface area contributed by atoms with E-state index in [1.165, 1.54) is 0 Å². The third-order valence-corrected chi connectivity index (χ3v) is 26.1. The van der Waals surface area contributed by atoms with Crippen molar-refractivity contribution in [3.8, 4) is 46.0 Å². The fourth-order valence-electron chi connectivity index (χ4n) is 13.0. The number of anilines is 10. The minimum Gasteiger partial charge on any atom is -0.497 e. The lowest BCUT2D eigenvalue weighted by molar-refractivity contribution is 0.202. The molecule has 0 aromatic heterocycles. The lowest BCUT2D eigenvalue weighted by Gasteiger charge is -2.49. The second-order valence-electron chi connectivity index (χ2n) is 19.7. The Hall–Kier alpha value is -9.07. The van der Waals surface area contributed by atoms with E-state index in [0.717, 1.165) is 144 Å². The lowest BCUT2D eigenvalue weighted by Crippen LogP contribution is -2.79. The molecule has 2 spiro atoms. The summed E-state index contributed by atoms with van der Waals surface area (Å²) in [7, 11) is 10.2. The van der Waals surface area contributed by atoms with Gasteiger partial charge in [0.1, 0.15) is 46.0 Å². The number of fused-ring (bicyclic) bond motifs is 16. The van der Waals surface area contributed by atoms with Gasteiger partial charge in [-0.05, 0) is 211 Å². The minimum absolute atomic E-state index is 0.726. The summed E-state index contributed by atoms with van der Waals surface area (Å²) in [5.41, 5.74) is 9.55. The second-order valence-corrected chi connectivity index (χ2v) is 27.0. The van der Waals surface area contributed by atoms with E-state index in [4.69, 9.17) is 47.6 Å². The van der Waals surface area contributed by atoms with Gasteiger partial charge in [0.15, 0.2) is 16.1 Å². The number of benzene rings is 9. The molecule has 16 heteroatoms. The molecular weight excluding hydrogens is 1040 g/mol. The summed E-state index contributed by atoms with van der Waals surface area (Å²) in [4.78, 5) is 17.3. The fourth-order valence-corrected chi connectivity index (χ4v) is 23.9. The number of hydrogen-bond donors (Lipinski definition) is 0. The maximum absolute atomic E-state index is 6.28. The monoisotopic (exact) mass is 1100 g/mol. The first-order chi connectivity index (χ1) is 39.2. The van der Waals surface area contributed by atoms with E-state index in [1.807, 2.05) is 58.7 Å². The van der Waals surface area contributed by atoms with Crippen LogP contribution in [0.15, 0.2) is 170 Å². The first-order valence-corrected chi connectivity index (χ1v) is 30.0. The highest BCUT2D eigenvalue weighted by Gasteiger charge is 2.57. The Labute approximate surface area is 466 Å². The number of methoxy groups -OCH3 is 8. The van der Waals surface area contributed by atoms with Gasteiger partial charge in [-0.1, -0.05) is 0 Å². The Morgan fingerprint density at radius 3 is 0.575 bits per heavy atom. The molecule has 13 rings (SSSR count). The Morgan fingerprint density at radius 1 is 0.225 bits per heavy atom. The van der Waals surface area contributed by atoms with Crippen molar-refractivity contribution in [2.45, 2.75) is 0 Å². The molecule has 4 heterocycles. The molecule has 4 aliphatic rings. The van der Waals surface area contributed by atoms with Gasteiger partial charge in [-0.2, -0.15) is 0 Å². The number of ether oxygens (including phenoxy) is 8. The zero-order chi connectivity index (χ0) is 55.2. The van der Waals surface area contributed by atoms with Crippen LogP contribution in [0.4, 0.5) is 56.9 Å². The largest absolute Gasteiger partial charge is 0.497 e. The van der Waals surface area contributed by atoms with Gasteiger partial charge in [0.25, 0.3) is 0 Å². The van der Waals surface area contributed by atoms with Crippen LogP contribution >= 0.6 is 0 Å². The highest BCUT2D eigenvalue weighted by atomic mass is 28.3. The topological polar surface area (TPSA) is 105 Å². The molecule has 14 nitrogen and oxygen atoms in total. The molecule has 9 aromatic carbocycles. The molecule has 80 heavy (non-hydrogen) atoms. The van der Waals surface area contributed by atoms with Crippen LogP contribution in [-0.4, -0.2) is 87.2 Å². The van der Waals surface area contributed by atoms with Gasteiger partial charge >= 0.3 is 0 Å². The maximum atomic E-state index is 6.28. The van der Waals surface area contributed by atoms with E-state index in [-0.39, 0.29) is 0 Å². The lowest BCUT2D eigenvalue weighted by atomic mass is 10.1. The van der Waals surface area contributed by atoms with Crippen LogP contribution in [0.3, 0.4) is 0 Å². The molecule has 0 unspecified atom stereocenters. The molecular formula is C64H58N4O10Si2. The third kappa shape index (κ3) is 7.02. The summed E-state index contributed by atoms with van der Waals surface area (Å²) < 4.78 is 48.7. The molecule has 9 aromatic rings. The molecule has 0 fully saturated rings. The molecule has 0 aliphatic carbocycles. The van der Waals surface area contributed by atoms with Crippen LogP contribution in [-0.2, 0) is 9.68 Å². The van der Waals surface area contributed by atoms with Gasteiger partial charge in [-0.25, -0.2) is 10.1 Å². The van der Waals surface area contributed by atoms with Crippen molar-refractivity contribution in [3.05, 3.63) is 170 Å². The van der Waals surface area contributed by atoms with Crippen LogP contribution < -0.4 is 99.3 Å². The first-order valence-electron chi connectivity index (χ1n) is 26.0. The van der Waals surface area contributed by atoms with Gasteiger partial charge in [0.05, 0.1) is 93.8 Å². The molecule has 0 atom stereocenters. The first kappa shape index (κ1) is 50.4. The molecule has 0 saturated heterocycles. The van der Waals surface area contributed by atoms with Gasteiger partial charge < -0.3 is 47.7 Å². The van der Waals surface area contributed by atoms with Crippen LogP contribution in [0, 0.1) is 0 Å². The summed E-state index contributed by atoms with van der Waals surface area (Å²) in [6, 6.07) is 59.6. The summed E-state index contributed by atoms with van der Waals surface area (Å²) in [5, 5.41) is 12.5. The number of nitrogens with zero attached hydrogens (tertiary/aromatic N) is 4. The Balaban J connectivity index is 1.05. The highest BCUT2D eigenvalue weighted by Crippen LogP contribution is 2.48. The van der Waals surface area contributed by atoms with Crippen LogP contribution in [0.5, 0.6) is 46.0 Å². The van der Waals surface area contributed by atoms with Crippen molar-refractivity contribution in [2.24, 2.45) is 0 Å². The van der Waals surface area contributed by atoms with E-state index < -0.39 is 16.1 Å². The van der Waals surface area contributed by atoms with Crippen LogP contribution in [0.2, 0.25) is 0 Å². The number of rotatable bonds is 12. The number of hydrogen-bond acceptors (Lipinski definition) is 14. The normalized spacial score (nSPS) is 14.3. The van der Waals surface area contributed by atoms with Gasteiger partial charge in [-0.3, -0.25) is 9.68 Å². The van der Waals surface area contributed by atoms with E-state index in [1.54, 1.807) is 71.1 Å². The minimum atomic E-state index is -3.43. The van der Waals surface area contributed by atoms with Crippen molar-refractivity contribution < 1.29 is 47.6 Å². The van der Waals surface area contributed by atoms with E-state index in [0.29, 0.717) is 0 Å². The summed E-state index contributed by atoms with van der Waals surface area (Å²) >= 11 is 0. The zero-order valence-corrected chi connectivity index (χ0v) is 48.0. The Bertz CT molecular complexity index is 3470. The van der Waals surface area contributed by atoms with Gasteiger partial charge in [0.2, 0.25) is 0 Å². The quantitative estimate of drug-likeness (QED) is 0.110. The maximum Gasteiger partial charge on any atom is 0.189 e. The smallest absolute Gasteiger partial charge is 0.189 e. The third-order valence-electron chi connectivity index (χ3n) is 16.4. The van der Waals surface area contributed by atoms with E-state index in [2.05, 4.69) is 131 Å².